The van der Waals surface area contributed by atoms with Crippen LogP contribution in [0.1, 0.15) is 0 Å². The lowest BCUT2D eigenvalue weighted by Gasteiger charge is -2.04. The van der Waals surface area contributed by atoms with Crippen molar-refractivity contribution in [2.24, 2.45) is 10.2 Å². The quantitative estimate of drug-likeness (QED) is 0.516. The molecule has 1 aromatic carbocycles. The molecule has 0 bridgehead atoms. The fourth-order valence-electron chi connectivity index (χ4n) is 0.733. The van der Waals surface area contributed by atoms with Crippen molar-refractivity contribution >= 4 is 11.6 Å². The van der Waals surface area contributed by atoms with Gasteiger partial charge in [-0.1, -0.05) is 10.2 Å². The summed E-state index contributed by atoms with van der Waals surface area (Å²) in [5.41, 5.74) is 0. The van der Waals surface area contributed by atoms with Crippen molar-refractivity contribution in [3.8, 4) is 5.75 Å². The highest BCUT2D eigenvalue weighted by Gasteiger charge is 2.40. The Hall–Kier alpha value is -1.16. The first-order valence-electron chi connectivity index (χ1n) is 3.25. The molecule has 1 aromatic rings. The average molecular weight is 187 g/mol. The summed E-state index contributed by atoms with van der Waals surface area (Å²) >= 11 is 5.57. The van der Waals surface area contributed by atoms with Crippen molar-refractivity contribution < 1.29 is 9.13 Å². The van der Waals surface area contributed by atoms with E-state index in [1.165, 1.54) is 24.3 Å². The Morgan fingerprint density at radius 3 is 2.33 bits per heavy atom. The van der Waals surface area contributed by atoms with E-state index in [0.29, 0.717) is 5.75 Å². The van der Waals surface area contributed by atoms with Gasteiger partial charge in [-0.05, 0) is 35.9 Å². The molecule has 12 heavy (non-hydrogen) atoms. The Labute approximate surface area is 72.8 Å². The van der Waals surface area contributed by atoms with Gasteiger partial charge in [0.15, 0.2) is 0 Å². The third-order valence-corrected chi connectivity index (χ3v) is 1.55. The van der Waals surface area contributed by atoms with Gasteiger partial charge < -0.3 is 4.74 Å². The maximum atomic E-state index is 12.4. The molecule has 0 aromatic heterocycles. The van der Waals surface area contributed by atoms with Crippen LogP contribution in [0.25, 0.3) is 0 Å². The van der Waals surface area contributed by atoms with Crippen LogP contribution in [-0.4, -0.2) is 5.31 Å². The highest BCUT2D eigenvalue weighted by molar-refractivity contribution is 6.23. The number of rotatable bonds is 2. The summed E-state index contributed by atoms with van der Waals surface area (Å²) in [6.07, 6.45) is 0. The lowest BCUT2D eigenvalue weighted by molar-refractivity contribution is 0.245. The minimum absolute atomic E-state index is 0.323. The van der Waals surface area contributed by atoms with Crippen LogP contribution in [0.5, 0.6) is 5.75 Å². The second-order valence-corrected chi connectivity index (χ2v) is 2.78. The van der Waals surface area contributed by atoms with E-state index >= 15 is 0 Å². The molecule has 62 valence electrons. The predicted octanol–water partition coefficient (Wildman–Crippen LogP) is 2.52. The van der Waals surface area contributed by atoms with Gasteiger partial charge in [-0.15, -0.1) is 0 Å². The second kappa shape index (κ2) is 2.42. The Morgan fingerprint density at radius 2 is 1.83 bits per heavy atom. The van der Waals surface area contributed by atoms with Gasteiger partial charge in [-0.2, -0.15) is 0 Å². The summed E-state index contributed by atoms with van der Waals surface area (Å²) in [5, 5.41) is 5.60. The van der Waals surface area contributed by atoms with Gasteiger partial charge in [-0.3, -0.25) is 0 Å². The largest absolute Gasteiger partial charge is 0.432 e. The lowest BCUT2D eigenvalue weighted by Crippen LogP contribution is -2.10. The van der Waals surface area contributed by atoms with Gasteiger partial charge in [0.2, 0.25) is 0 Å². The normalized spacial score (nSPS) is 17.5. The number of hydrogen-bond acceptors (Lipinski definition) is 3. The lowest BCUT2D eigenvalue weighted by atomic mass is 10.3. The molecule has 0 N–H and O–H groups in total. The Kier molecular flexibility index (Phi) is 1.51. The predicted molar refractivity (Wildman–Crippen MR) is 40.5 cm³/mol. The molecule has 1 heterocycles. The Bertz CT molecular complexity index is 319. The molecule has 0 unspecified atom stereocenters. The maximum Gasteiger partial charge on any atom is 0.418 e. The average Bonchev–Trinajstić information content (AvgIpc) is 2.74. The van der Waals surface area contributed by atoms with Crippen LogP contribution in [0.2, 0.25) is 0 Å². The molecule has 0 saturated heterocycles. The van der Waals surface area contributed by atoms with Gasteiger partial charge >= 0.3 is 5.31 Å². The summed E-state index contributed by atoms with van der Waals surface area (Å²) in [5.74, 6) is 0.118. The first kappa shape index (κ1) is 7.49. The van der Waals surface area contributed by atoms with Crippen molar-refractivity contribution in [1.29, 1.82) is 0 Å². The number of hydrogen-bond donors (Lipinski definition) is 0. The molecular weight excluding hydrogens is 183 g/mol. The van der Waals surface area contributed by atoms with Crippen LogP contribution < -0.4 is 4.74 Å². The van der Waals surface area contributed by atoms with E-state index in [1.807, 2.05) is 0 Å². The molecule has 0 saturated carbocycles. The zero-order chi connectivity index (χ0) is 8.60. The molecule has 0 atom stereocenters. The van der Waals surface area contributed by atoms with Crippen molar-refractivity contribution in [2.75, 3.05) is 0 Å². The number of alkyl halides is 1. The molecule has 3 nitrogen and oxygen atoms in total. The van der Waals surface area contributed by atoms with E-state index in [1.54, 1.807) is 0 Å². The molecule has 0 fully saturated rings. The molecule has 0 aliphatic carbocycles. The van der Waals surface area contributed by atoms with Crippen molar-refractivity contribution in [1.82, 2.24) is 0 Å². The van der Waals surface area contributed by atoms with Crippen molar-refractivity contribution in [3.63, 3.8) is 0 Å². The summed E-state index contributed by atoms with van der Waals surface area (Å²) in [6, 6.07) is 5.47. The first-order chi connectivity index (χ1) is 5.68. The van der Waals surface area contributed by atoms with Crippen LogP contribution in [-0.2, 0) is 0 Å². The number of halogens is 2. The topological polar surface area (TPSA) is 34.0 Å². The highest BCUT2D eigenvalue weighted by atomic mass is 35.5. The summed E-state index contributed by atoms with van der Waals surface area (Å²) < 4.78 is 17.4. The van der Waals surface area contributed by atoms with E-state index in [-0.39, 0.29) is 5.82 Å². The third-order valence-electron chi connectivity index (χ3n) is 1.32. The number of nitrogens with zero attached hydrogens (tertiary/aromatic N) is 2. The van der Waals surface area contributed by atoms with Gasteiger partial charge in [0, 0.05) is 0 Å². The molecule has 2 rings (SSSR count). The smallest absolute Gasteiger partial charge is 0.418 e. The minimum atomic E-state index is -1.25. The summed E-state index contributed by atoms with van der Waals surface area (Å²) in [6.45, 7) is 0. The van der Waals surface area contributed by atoms with E-state index in [4.69, 9.17) is 16.3 Å². The fraction of sp³-hybridized carbons (Fsp3) is 0.143. The first-order valence-corrected chi connectivity index (χ1v) is 3.63. The van der Waals surface area contributed by atoms with Crippen LogP contribution in [0.3, 0.4) is 0 Å². The summed E-state index contributed by atoms with van der Waals surface area (Å²) in [4.78, 5) is 0. The standard InChI is InChI=1S/C7H4ClFN2O/c8-7(10-11-7)12-6-3-1-5(9)2-4-6/h1-4H. The van der Waals surface area contributed by atoms with Gasteiger partial charge in [-0.25, -0.2) is 4.39 Å². The second-order valence-electron chi connectivity index (χ2n) is 2.28. The van der Waals surface area contributed by atoms with Crippen LogP contribution in [0.4, 0.5) is 4.39 Å². The van der Waals surface area contributed by atoms with E-state index in [2.05, 4.69) is 10.2 Å². The van der Waals surface area contributed by atoms with Crippen LogP contribution >= 0.6 is 11.6 Å². The molecule has 0 amide bonds. The van der Waals surface area contributed by atoms with Gasteiger partial charge in [0.05, 0.1) is 0 Å². The molecular formula is C7H4ClFN2O. The number of benzene rings is 1. The Balaban J connectivity index is 2.09. The van der Waals surface area contributed by atoms with Crippen LogP contribution in [0, 0.1) is 5.82 Å². The SMILES string of the molecule is Fc1ccc(OC2(Cl)N=N2)cc1. The van der Waals surface area contributed by atoms with Gasteiger partial charge in [0.1, 0.15) is 11.6 Å². The van der Waals surface area contributed by atoms with E-state index in [9.17, 15) is 4.39 Å². The van der Waals surface area contributed by atoms with Crippen LogP contribution in [0.15, 0.2) is 34.5 Å². The molecule has 1 aliphatic heterocycles. The minimum Gasteiger partial charge on any atom is -0.432 e. The fourth-order valence-corrected chi connectivity index (χ4v) is 0.860. The van der Waals surface area contributed by atoms with E-state index in [0.717, 1.165) is 0 Å². The monoisotopic (exact) mass is 186 g/mol. The summed E-state index contributed by atoms with van der Waals surface area (Å²) in [7, 11) is 0. The zero-order valence-corrected chi connectivity index (χ0v) is 6.62. The van der Waals surface area contributed by atoms with Crippen molar-refractivity contribution in [2.45, 2.75) is 5.31 Å². The molecule has 5 heteroatoms. The maximum absolute atomic E-state index is 12.4. The van der Waals surface area contributed by atoms with E-state index < -0.39 is 5.31 Å². The third kappa shape index (κ3) is 1.53. The van der Waals surface area contributed by atoms with Crippen molar-refractivity contribution in [3.05, 3.63) is 30.1 Å². The molecule has 1 aliphatic rings. The highest BCUT2D eigenvalue weighted by Crippen LogP contribution is 2.35. The number of ether oxygens (including phenoxy) is 1. The Morgan fingerprint density at radius 1 is 1.25 bits per heavy atom. The molecule has 0 radical (unpaired) electrons. The zero-order valence-electron chi connectivity index (χ0n) is 5.87. The van der Waals surface area contributed by atoms with Gasteiger partial charge in [0.25, 0.3) is 0 Å². The molecule has 0 spiro atoms.